The van der Waals surface area contributed by atoms with Crippen molar-refractivity contribution in [2.45, 2.75) is 0 Å². The van der Waals surface area contributed by atoms with E-state index in [0.29, 0.717) is 0 Å². The van der Waals surface area contributed by atoms with Crippen LogP contribution in [0, 0.1) is 11.6 Å². The van der Waals surface area contributed by atoms with E-state index in [4.69, 9.17) is 17.3 Å². The van der Waals surface area contributed by atoms with Gasteiger partial charge in [-0.3, -0.25) is 9.59 Å². The lowest BCUT2D eigenvalue weighted by molar-refractivity contribution is 0.1000. The molecule has 0 spiro atoms. The molecule has 21 heavy (non-hydrogen) atoms. The lowest BCUT2D eigenvalue weighted by atomic mass is 10.2. The molecule has 1 aromatic heterocycles. The number of anilines is 2. The molecule has 1 aromatic carbocycles. The van der Waals surface area contributed by atoms with E-state index in [0.717, 1.165) is 16.8 Å². The fourth-order valence-corrected chi connectivity index (χ4v) is 1.89. The van der Waals surface area contributed by atoms with Crippen molar-refractivity contribution in [1.82, 2.24) is 4.57 Å². The van der Waals surface area contributed by atoms with Gasteiger partial charge in [-0.25, -0.2) is 4.39 Å². The number of hydrogen-bond acceptors (Lipinski definition) is 3. The number of halogens is 3. The second-order valence-electron chi connectivity index (χ2n) is 4.26. The van der Waals surface area contributed by atoms with E-state index in [1.807, 2.05) is 0 Å². The van der Waals surface area contributed by atoms with Crippen LogP contribution in [0.5, 0.6) is 0 Å². The van der Waals surface area contributed by atoms with Gasteiger partial charge in [0.15, 0.2) is 0 Å². The summed E-state index contributed by atoms with van der Waals surface area (Å²) < 4.78 is 28.6. The van der Waals surface area contributed by atoms with Crippen LogP contribution < -0.4 is 16.6 Å². The predicted octanol–water partition coefficient (Wildman–Crippen LogP) is 2.16. The summed E-state index contributed by atoms with van der Waals surface area (Å²) in [5, 5.41) is 2.51. The number of carbonyl (C=O) groups excluding carboxylic acids is 1. The summed E-state index contributed by atoms with van der Waals surface area (Å²) in [4.78, 5) is 22.9. The Kier molecular flexibility index (Phi) is 3.95. The Bertz CT molecular complexity index is 790. The monoisotopic (exact) mass is 313 g/mol. The predicted molar refractivity (Wildman–Crippen MR) is 74.9 cm³/mol. The molecule has 2 rings (SSSR count). The van der Waals surface area contributed by atoms with Gasteiger partial charge in [-0.2, -0.15) is 4.39 Å². The molecule has 0 bridgehead atoms. The zero-order valence-corrected chi connectivity index (χ0v) is 11.5. The van der Waals surface area contributed by atoms with Crippen LogP contribution in [0.3, 0.4) is 0 Å². The smallest absolute Gasteiger partial charge is 0.288 e. The fourth-order valence-electron chi connectivity index (χ4n) is 1.73. The molecule has 0 radical (unpaired) electrons. The molecule has 0 aliphatic heterocycles. The van der Waals surface area contributed by atoms with Crippen LogP contribution in [-0.4, -0.2) is 10.5 Å². The third-order valence-electron chi connectivity index (χ3n) is 2.78. The zero-order chi connectivity index (χ0) is 15.7. The second-order valence-corrected chi connectivity index (χ2v) is 4.70. The average Bonchev–Trinajstić information content (AvgIpc) is 2.41. The molecule has 1 amide bonds. The van der Waals surface area contributed by atoms with Crippen LogP contribution in [0.2, 0.25) is 5.02 Å². The van der Waals surface area contributed by atoms with E-state index in [1.54, 1.807) is 0 Å². The van der Waals surface area contributed by atoms with E-state index < -0.39 is 28.8 Å². The van der Waals surface area contributed by atoms with Crippen molar-refractivity contribution < 1.29 is 13.6 Å². The first-order valence-electron chi connectivity index (χ1n) is 5.72. The molecule has 0 aliphatic rings. The number of amides is 1. The van der Waals surface area contributed by atoms with Crippen molar-refractivity contribution in [2.75, 3.05) is 5.32 Å². The minimum absolute atomic E-state index is 0.144. The summed E-state index contributed by atoms with van der Waals surface area (Å²) in [6.45, 7) is 0. The molecule has 0 atom stereocenters. The Morgan fingerprint density at radius 3 is 2.62 bits per heavy atom. The molecular weight excluding hydrogens is 304 g/mol. The Hall–Kier alpha value is -2.41. The summed E-state index contributed by atoms with van der Waals surface area (Å²) in [6, 6.07) is 3.63. The van der Waals surface area contributed by atoms with Crippen LogP contribution in [-0.2, 0) is 7.05 Å². The minimum Gasteiger partial charge on any atom is -0.365 e. The first-order chi connectivity index (χ1) is 9.81. The van der Waals surface area contributed by atoms with Crippen LogP contribution in [0.4, 0.5) is 20.2 Å². The van der Waals surface area contributed by atoms with Crippen molar-refractivity contribution in [2.24, 2.45) is 12.8 Å². The van der Waals surface area contributed by atoms with E-state index in [1.165, 1.54) is 19.2 Å². The second kappa shape index (κ2) is 5.53. The van der Waals surface area contributed by atoms with Crippen LogP contribution in [0.15, 0.2) is 29.2 Å². The molecule has 2 aromatic rings. The topological polar surface area (TPSA) is 77.1 Å². The Labute approximate surface area is 122 Å². The first-order valence-corrected chi connectivity index (χ1v) is 6.10. The highest BCUT2D eigenvalue weighted by atomic mass is 35.5. The number of aromatic nitrogens is 1. The Morgan fingerprint density at radius 1 is 1.38 bits per heavy atom. The molecule has 0 aliphatic carbocycles. The van der Waals surface area contributed by atoms with Gasteiger partial charge in [-0.05, 0) is 18.2 Å². The molecule has 110 valence electrons. The van der Waals surface area contributed by atoms with Crippen molar-refractivity contribution in [1.29, 1.82) is 0 Å². The molecule has 0 fully saturated rings. The third kappa shape index (κ3) is 2.87. The lowest BCUT2D eigenvalue weighted by Crippen LogP contribution is -2.26. The Morgan fingerprint density at radius 2 is 2.05 bits per heavy atom. The summed E-state index contributed by atoms with van der Waals surface area (Å²) in [5.41, 5.74) is 3.27. The van der Waals surface area contributed by atoms with Crippen molar-refractivity contribution in [3.63, 3.8) is 0 Å². The standard InChI is InChI=1S/C13H10ClF2N3O2/c1-19-5-7(12(17)20)11(10(16)13(19)21)18-9-3-2-6(14)4-8(9)15/h2-5,18H,1H3,(H2,17,20). The maximum absolute atomic E-state index is 14.0. The molecule has 0 unspecified atom stereocenters. The summed E-state index contributed by atoms with van der Waals surface area (Å²) in [6.07, 6.45) is 1.07. The zero-order valence-electron chi connectivity index (χ0n) is 10.8. The number of nitrogens with zero attached hydrogens (tertiary/aromatic N) is 1. The van der Waals surface area contributed by atoms with Crippen LogP contribution in [0.25, 0.3) is 0 Å². The molecule has 0 saturated carbocycles. The van der Waals surface area contributed by atoms with Gasteiger partial charge >= 0.3 is 0 Å². The average molecular weight is 314 g/mol. The molecule has 3 N–H and O–H groups in total. The third-order valence-corrected chi connectivity index (χ3v) is 3.01. The van der Waals surface area contributed by atoms with Gasteiger partial charge < -0.3 is 15.6 Å². The van der Waals surface area contributed by atoms with Crippen LogP contribution >= 0.6 is 11.6 Å². The highest BCUT2D eigenvalue weighted by Gasteiger charge is 2.19. The van der Waals surface area contributed by atoms with Gasteiger partial charge in [0.2, 0.25) is 5.82 Å². The van der Waals surface area contributed by atoms with Gasteiger partial charge in [-0.1, -0.05) is 11.6 Å². The van der Waals surface area contributed by atoms with E-state index in [-0.39, 0.29) is 16.3 Å². The number of nitrogens with one attached hydrogen (secondary N) is 1. The van der Waals surface area contributed by atoms with Gasteiger partial charge in [-0.15, -0.1) is 0 Å². The number of nitrogens with two attached hydrogens (primary N) is 1. The first kappa shape index (κ1) is 15.0. The van der Waals surface area contributed by atoms with E-state index in [9.17, 15) is 18.4 Å². The quantitative estimate of drug-likeness (QED) is 0.911. The number of hydrogen-bond donors (Lipinski definition) is 2. The van der Waals surface area contributed by atoms with Gasteiger partial charge in [0.1, 0.15) is 5.82 Å². The highest BCUT2D eigenvalue weighted by molar-refractivity contribution is 6.30. The number of primary amides is 1. The maximum atomic E-state index is 14.0. The van der Waals surface area contributed by atoms with Gasteiger partial charge in [0.05, 0.1) is 16.9 Å². The molecule has 8 heteroatoms. The highest BCUT2D eigenvalue weighted by Crippen LogP contribution is 2.26. The van der Waals surface area contributed by atoms with Crippen molar-refractivity contribution >= 4 is 28.9 Å². The normalized spacial score (nSPS) is 10.5. The molecule has 0 saturated heterocycles. The number of benzene rings is 1. The van der Waals surface area contributed by atoms with Crippen molar-refractivity contribution in [3.05, 3.63) is 57.0 Å². The molecule has 5 nitrogen and oxygen atoms in total. The number of carbonyl (C=O) groups is 1. The van der Waals surface area contributed by atoms with Gasteiger partial charge in [0, 0.05) is 18.3 Å². The van der Waals surface area contributed by atoms with Crippen LogP contribution in [0.1, 0.15) is 10.4 Å². The lowest BCUT2D eigenvalue weighted by Gasteiger charge is -2.13. The van der Waals surface area contributed by atoms with Gasteiger partial charge in [0.25, 0.3) is 11.5 Å². The van der Waals surface area contributed by atoms with E-state index >= 15 is 0 Å². The SMILES string of the molecule is Cn1cc(C(N)=O)c(Nc2ccc(Cl)cc2F)c(F)c1=O. The molecule has 1 heterocycles. The van der Waals surface area contributed by atoms with E-state index in [2.05, 4.69) is 5.32 Å². The number of rotatable bonds is 3. The number of pyridine rings is 1. The summed E-state index contributed by atoms with van der Waals surface area (Å²) in [7, 11) is 1.27. The minimum atomic E-state index is -1.23. The number of aryl methyl sites for hydroxylation is 1. The fraction of sp³-hybridized carbons (Fsp3) is 0.0769. The van der Waals surface area contributed by atoms with Crippen molar-refractivity contribution in [3.8, 4) is 0 Å². The molecular formula is C13H10ClF2N3O2. The Balaban J connectivity index is 2.60. The maximum Gasteiger partial charge on any atom is 0.288 e. The summed E-state index contributed by atoms with van der Waals surface area (Å²) in [5.74, 6) is -2.96. The largest absolute Gasteiger partial charge is 0.365 e. The summed E-state index contributed by atoms with van der Waals surface area (Å²) >= 11 is 5.61.